The predicted molar refractivity (Wildman–Crippen MR) is 111 cm³/mol. The summed E-state index contributed by atoms with van der Waals surface area (Å²) < 4.78 is 28.2. The highest BCUT2D eigenvalue weighted by molar-refractivity contribution is 7.95. The van der Waals surface area contributed by atoms with Gasteiger partial charge in [0.05, 0.1) is 12.4 Å². The molecular formula is C21H22BrO3PS. The van der Waals surface area contributed by atoms with Crippen molar-refractivity contribution in [1.82, 2.24) is 0 Å². The van der Waals surface area contributed by atoms with Gasteiger partial charge in [0.2, 0.25) is 0 Å². The maximum atomic E-state index is 11.5. The summed E-state index contributed by atoms with van der Waals surface area (Å²) in [5.41, 5.74) is 0. The number of hydrogen-bond acceptors (Lipinski definition) is 3. The van der Waals surface area contributed by atoms with Gasteiger partial charge in [-0.25, -0.2) is 0 Å². The Labute approximate surface area is 172 Å². The standard InChI is InChI=1S/C21H22O3PS.BrH/c1-26(22,23)24-17-18-25(19-11-5-2-6-12-19,20-13-7-3-8-14-20)21-15-9-4-10-16-21;/h2-16H,17-18H2,1H3;1H/q+1;/p-1. The zero-order valence-electron chi connectivity index (χ0n) is 15.0. The lowest BCUT2D eigenvalue weighted by atomic mass is 10.4. The smallest absolute Gasteiger partial charge is 0.264 e. The van der Waals surface area contributed by atoms with Crippen LogP contribution in [-0.2, 0) is 14.3 Å². The third-order valence-electron chi connectivity index (χ3n) is 4.32. The van der Waals surface area contributed by atoms with Crippen LogP contribution in [0.25, 0.3) is 0 Å². The summed E-state index contributed by atoms with van der Waals surface area (Å²) in [5, 5.41) is 3.65. The molecule has 0 amide bonds. The molecule has 0 aliphatic rings. The fourth-order valence-corrected chi connectivity index (χ4v) is 7.79. The van der Waals surface area contributed by atoms with Crippen molar-refractivity contribution in [2.24, 2.45) is 0 Å². The Kier molecular flexibility index (Phi) is 7.75. The average molecular weight is 465 g/mol. The molecular weight excluding hydrogens is 443 g/mol. The Morgan fingerprint density at radius 2 is 1.04 bits per heavy atom. The lowest BCUT2D eigenvalue weighted by molar-refractivity contribution is -0.00000898. The topological polar surface area (TPSA) is 43.4 Å². The molecule has 0 aromatic heterocycles. The van der Waals surface area contributed by atoms with Gasteiger partial charge in [0.25, 0.3) is 10.1 Å². The molecule has 0 bridgehead atoms. The minimum Gasteiger partial charge on any atom is -1.00 e. The van der Waals surface area contributed by atoms with E-state index in [9.17, 15) is 8.42 Å². The number of halogens is 1. The van der Waals surface area contributed by atoms with Gasteiger partial charge in [0.1, 0.15) is 29.8 Å². The summed E-state index contributed by atoms with van der Waals surface area (Å²) in [6, 6.07) is 31.0. The van der Waals surface area contributed by atoms with Crippen molar-refractivity contribution in [2.75, 3.05) is 19.0 Å². The average Bonchev–Trinajstić information content (AvgIpc) is 2.67. The molecule has 3 aromatic carbocycles. The predicted octanol–water partition coefficient (Wildman–Crippen LogP) is -0.0393. The van der Waals surface area contributed by atoms with E-state index in [-0.39, 0.29) is 23.6 Å². The van der Waals surface area contributed by atoms with Gasteiger partial charge in [-0.05, 0) is 36.4 Å². The quantitative estimate of drug-likeness (QED) is 0.364. The maximum absolute atomic E-state index is 11.5. The Balaban J connectivity index is 0.00000261. The molecule has 0 unspecified atom stereocenters. The maximum Gasteiger partial charge on any atom is 0.264 e. The lowest BCUT2D eigenvalue weighted by Crippen LogP contribution is -3.00. The molecule has 0 aliphatic heterocycles. The fraction of sp³-hybridized carbons (Fsp3) is 0.143. The molecule has 0 spiro atoms. The van der Waals surface area contributed by atoms with Crippen LogP contribution in [0.1, 0.15) is 0 Å². The van der Waals surface area contributed by atoms with Gasteiger partial charge in [-0.15, -0.1) is 0 Å². The van der Waals surface area contributed by atoms with Crippen LogP contribution >= 0.6 is 7.26 Å². The van der Waals surface area contributed by atoms with E-state index in [4.69, 9.17) is 4.18 Å². The second kappa shape index (κ2) is 9.61. The lowest BCUT2D eigenvalue weighted by Gasteiger charge is -2.27. The monoisotopic (exact) mass is 464 g/mol. The van der Waals surface area contributed by atoms with Crippen molar-refractivity contribution in [3.63, 3.8) is 0 Å². The fourth-order valence-electron chi connectivity index (χ4n) is 3.21. The van der Waals surface area contributed by atoms with Crippen LogP contribution < -0.4 is 32.9 Å². The Morgan fingerprint density at radius 1 is 0.704 bits per heavy atom. The third kappa shape index (κ3) is 5.26. The Bertz CT molecular complexity index is 836. The van der Waals surface area contributed by atoms with E-state index in [1.807, 2.05) is 54.6 Å². The van der Waals surface area contributed by atoms with Crippen LogP contribution in [0, 0.1) is 0 Å². The van der Waals surface area contributed by atoms with Gasteiger partial charge in [0, 0.05) is 0 Å². The molecule has 0 heterocycles. The molecule has 3 aromatic rings. The van der Waals surface area contributed by atoms with Crippen molar-refractivity contribution in [3.05, 3.63) is 91.0 Å². The summed E-state index contributed by atoms with van der Waals surface area (Å²) in [5.74, 6) is 0. The first-order valence-corrected chi connectivity index (χ1v) is 12.2. The summed E-state index contributed by atoms with van der Waals surface area (Å²) >= 11 is 0. The molecule has 0 aliphatic carbocycles. The summed E-state index contributed by atoms with van der Waals surface area (Å²) in [7, 11) is -5.50. The van der Waals surface area contributed by atoms with Crippen LogP contribution in [0.2, 0.25) is 0 Å². The minimum absolute atomic E-state index is 0. The van der Waals surface area contributed by atoms with Crippen LogP contribution in [-0.4, -0.2) is 27.4 Å². The molecule has 0 saturated heterocycles. The first-order valence-electron chi connectivity index (χ1n) is 8.42. The molecule has 6 heteroatoms. The van der Waals surface area contributed by atoms with Crippen molar-refractivity contribution >= 4 is 33.3 Å². The second-order valence-electron chi connectivity index (χ2n) is 6.07. The molecule has 3 rings (SSSR count). The van der Waals surface area contributed by atoms with Gasteiger partial charge in [0.15, 0.2) is 0 Å². The highest BCUT2D eigenvalue weighted by atomic mass is 79.9. The molecule has 0 fully saturated rings. The van der Waals surface area contributed by atoms with E-state index in [1.54, 1.807) is 0 Å². The molecule has 0 N–H and O–H groups in total. The Morgan fingerprint density at radius 3 is 1.33 bits per heavy atom. The van der Waals surface area contributed by atoms with E-state index in [0.29, 0.717) is 6.16 Å². The van der Waals surface area contributed by atoms with Crippen LogP contribution in [0.4, 0.5) is 0 Å². The normalized spacial score (nSPS) is 11.6. The number of hydrogen-bond donors (Lipinski definition) is 0. The first kappa shape index (κ1) is 21.8. The molecule has 142 valence electrons. The molecule has 0 saturated carbocycles. The van der Waals surface area contributed by atoms with Crippen molar-refractivity contribution in [3.8, 4) is 0 Å². The van der Waals surface area contributed by atoms with Crippen molar-refractivity contribution in [2.45, 2.75) is 0 Å². The molecule has 3 nitrogen and oxygen atoms in total. The summed E-state index contributed by atoms with van der Waals surface area (Å²) in [4.78, 5) is 0. The number of rotatable bonds is 7. The van der Waals surface area contributed by atoms with Crippen LogP contribution in [0.3, 0.4) is 0 Å². The van der Waals surface area contributed by atoms with E-state index in [2.05, 4.69) is 36.4 Å². The van der Waals surface area contributed by atoms with Gasteiger partial charge < -0.3 is 17.0 Å². The molecule has 27 heavy (non-hydrogen) atoms. The van der Waals surface area contributed by atoms with Gasteiger partial charge in [-0.1, -0.05) is 54.6 Å². The van der Waals surface area contributed by atoms with E-state index < -0.39 is 17.4 Å². The van der Waals surface area contributed by atoms with Gasteiger partial charge in [-0.2, -0.15) is 8.42 Å². The van der Waals surface area contributed by atoms with Crippen molar-refractivity contribution < 1.29 is 29.6 Å². The summed E-state index contributed by atoms with van der Waals surface area (Å²) in [6.45, 7) is 0.158. The summed E-state index contributed by atoms with van der Waals surface area (Å²) in [6.07, 6.45) is 1.72. The SMILES string of the molecule is CS(=O)(=O)OCC[P+](c1ccccc1)(c1ccccc1)c1ccccc1.[Br-]. The van der Waals surface area contributed by atoms with Crippen LogP contribution in [0.15, 0.2) is 91.0 Å². The second-order valence-corrected chi connectivity index (χ2v) is 11.3. The largest absolute Gasteiger partial charge is 1.00 e. The first-order chi connectivity index (χ1) is 12.5. The van der Waals surface area contributed by atoms with E-state index >= 15 is 0 Å². The van der Waals surface area contributed by atoms with Gasteiger partial charge >= 0.3 is 0 Å². The van der Waals surface area contributed by atoms with Crippen molar-refractivity contribution in [1.29, 1.82) is 0 Å². The van der Waals surface area contributed by atoms with E-state index in [1.165, 1.54) is 15.9 Å². The minimum atomic E-state index is -3.48. The van der Waals surface area contributed by atoms with Crippen LogP contribution in [0.5, 0.6) is 0 Å². The molecule has 0 atom stereocenters. The zero-order valence-corrected chi connectivity index (χ0v) is 18.3. The highest BCUT2D eigenvalue weighted by Crippen LogP contribution is 2.54. The molecule has 0 radical (unpaired) electrons. The van der Waals surface area contributed by atoms with Gasteiger partial charge in [-0.3, -0.25) is 4.18 Å². The third-order valence-corrected chi connectivity index (χ3v) is 9.30. The highest BCUT2D eigenvalue weighted by Gasteiger charge is 2.45. The Hall–Kier alpha value is -1.52. The zero-order chi connectivity index (χ0) is 18.5. The van der Waals surface area contributed by atoms with E-state index in [0.717, 1.165) is 6.26 Å². The number of benzene rings is 3.